The van der Waals surface area contributed by atoms with Gasteiger partial charge >= 0.3 is 0 Å². The van der Waals surface area contributed by atoms with E-state index in [2.05, 4.69) is 5.32 Å². The highest BCUT2D eigenvalue weighted by Crippen LogP contribution is 2.53. The van der Waals surface area contributed by atoms with Gasteiger partial charge in [-0.25, -0.2) is 0 Å². The average molecular weight is 420 g/mol. The summed E-state index contributed by atoms with van der Waals surface area (Å²) >= 11 is 0. The molecule has 31 heavy (non-hydrogen) atoms. The molecule has 2 aromatic rings. The number of anilines is 2. The summed E-state index contributed by atoms with van der Waals surface area (Å²) in [6.07, 6.45) is 3.42. The van der Waals surface area contributed by atoms with Gasteiger partial charge in [0.2, 0.25) is 18.6 Å². The lowest BCUT2D eigenvalue weighted by molar-refractivity contribution is -0.128. The number of carbonyl (C=O) groups is 2. The Hall–Kier alpha value is -3.52. The molecule has 2 bridgehead atoms. The smallest absolute Gasteiger partial charge is 0.234 e. The Bertz CT molecular complexity index is 1110. The Morgan fingerprint density at radius 2 is 1.97 bits per heavy atom. The van der Waals surface area contributed by atoms with Crippen LogP contribution in [-0.4, -0.2) is 44.0 Å². The number of benzene rings is 2. The van der Waals surface area contributed by atoms with E-state index in [1.54, 1.807) is 30.2 Å². The fourth-order valence-electron chi connectivity index (χ4n) is 4.98. The number of nitrogens with one attached hydrogen (secondary N) is 1. The molecule has 4 heterocycles. The van der Waals surface area contributed by atoms with Gasteiger partial charge in [0.05, 0.1) is 31.6 Å². The van der Waals surface area contributed by atoms with E-state index in [1.807, 2.05) is 36.4 Å². The van der Waals surface area contributed by atoms with Crippen molar-refractivity contribution in [2.45, 2.75) is 11.7 Å². The first-order valence-corrected chi connectivity index (χ1v) is 10.1. The van der Waals surface area contributed by atoms with Gasteiger partial charge in [-0.1, -0.05) is 12.2 Å². The van der Waals surface area contributed by atoms with E-state index < -0.39 is 23.5 Å². The van der Waals surface area contributed by atoms with Gasteiger partial charge in [0.25, 0.3) is 0 Å². The van der Waals surface area contributed by atoms with E-state index in [0.717, 1.165) is 5.69 Å². The maximum absolute atomic E-state index is 13.4. The van der Waals surface area contributed by atoms with Crippen molar-refractivity contribution >= 4 is 23.2 Å². The maximum atomic E-state index is 13.4. The zero-order valence-corrected chi connectivity index (χ0v) is 16.7. The summed E-state index contributed by atoms with van der Waals surface area (Å²) in [5, 5.41) is 2.92. The largest absolute Gasteiger partial charge is 0.497 e. The summed E-state index contributed by atoms with van der Waals surface area (Å²) in [4.78, 5) is 28.3. The lowest BCUT2D eigenvalue weighted by atomic mass is 9.77. The number of carbonyl (C=O) groups excluding carboxylic acids is 2. The topological polar surface area (TPSA) is 86.3 Å². The van der Waals surface area contributed by atoms with E-state index >= 15 is 0 Å². The van der Waals surface area contributed by atoms with Crippen LogP contribution in [0.25, 0.3) is 0 Å². The SMILES string of the molecule is COc1ccc(N2C[C@@]34C=C[C@@H](O3)[C@H](C(=O)Nc3ccc5c(c3)OCO5)[C@@H]4C2=O)cc1. The third-order valence-corrected chi connectivity index (χ3v) is 6.43. The second-order valence-corrected chi connectivity index (χ2v) is 8.08. The molecule has 158 valence electrons. The molecule has 0 unspecified atom stereocenters. The molecule has 8 nitrogen and oxygen atoms in total. The van der Waals surface area contributed by atoms with Crippen molar-refractivity contribution in [2.24, 2.45) is 11.8 Å². The van der Waals surface area contributed by atoms with Crippen molar-refractivity contribution < 1.29 is 28.5 Å². The molecule has 2 aromatic carbocycles. The van der Waals surface area contributed by atoms with Crippen molar-refractivity contribution in [3.8, 4) is 17.2 Å². The first-order chi connectivity index (χ1) is 15.1. The van der Waals surface area contributed by atoms with Crippen LogP contribution in [0.2, 0.25) is 0 Å². The monoisotopic (exact) mass is 420 g/mol. The van der Waals surface area contributed by atoms with Crippen molar-refractivity contribution in [3.05, 3.63) is 54.6 Å². The van der Waals surface area contributed by atoms with Crippen LogP contribution in [-0.2, 0) is 14.3 Å². The van der Waals surface area contributed by atoms with Gasteiger partial charge in [-0.15, -0.1) is 0 Å². The molecule has 4 atom stereocenters. The lowest BCUT2D eigenvalue weighted by Crippen LogP contribution is -2.41. The minimum atomic E-state index is -0.779. The Morgan fingerprint density at radius 1 is 1.16 bits per heavy atom. The minimum absolute atomic E-state index is 0.108. The number of hydrogen-bond acceptors (Lipinski definition) is 6. The number of rotatable bonds is 4. The number of fused-ring (bicyclic) bond motifs is 2. The van der Waals surface area contributed by atoms with Crippen LogP contribution in [0.4, 0.5) is 11.4 Å². The summed E-state index contributed by atoms with van der Waals surface area (Å²) in [6, 6.07) is 12.5. The van der Waals surface area contributed by atoms with Gasteiger partial charge in [-0.3, -0.25) is 9.59 Å². The molecule has 2 amide bonds. The van der Waals surface area contributed by atoms with Crippen LogP contribution in [0.1, 0.15) is 0 Å². The molecule has 0 radical (unpaired) electrons. The highest BCUT2D eigenvalue weighted by molar-refractivity contribution is 6.05. The third-order valence-electron chi connectivity index (χ3n) is 6.43. The fraction of sp³-hybridized carbons (Fsp3) is 0.304. The zero-order valence-electron chi connectivity index (χ0n) is 16.7. The standard InChI is InChI=1S/C23H20N2O6/c1-28-15-5-3-14(4-6-15)25-11-23-9-8-17(31-23)19(20(23)22(25)27)21(26)24-13-2-7-16-18(10-13)30-12-29-16/h2-10,17,19-20H,11-12H2,1H3,(H,24,26)/t17-,19+,20-,23-/m1/s1. The number of amides is 2. The molecule has 0 saturated carbocycles. The number of methoxy groups -OCH3 is 1. The van der Waals surface area contributed by atoms with Crippen LogP contribution in [0, 0.1) is 11.8 Å². The molecule has 1 spiro atoms. The second-order valence-electron chi connectivity index (χ2n) is 8.08. The number of nitrogens with zero attached hydrogens (tertiary/aromatic N) is 1. The lowest BCUT2D eigenvalue weighted by Gasteiger charge is -2.23. The molecule has 4 aliphatic rings. The van der Waals surface area contributed by atoms with Crippen LogP contribution in [0.5, 0.6) is 17.2 Å². The van der Waals surface area contributed by atoms with Gasteiger partial charge in [0.15, 0.2) is 11.5 Å². The van der Waals surface area contributed by atoms with Crippen LogP contribution >= 0.6 is 0 Å². The molecule has 0 aromatic heterocycles. The fourth-order valence-corrected chi connectivity index (χ4v) is 4.98. The number of hydrogen-bond donors (Lipinski definition) is 1. The summed E-state index contributed by atoms with van der Waals surface area (Å²) in [7, 11) is 1.60. The molecular formula is C23H20N2O6. The summed E-state index contributed by atoms with van der Waals surface area (Å²) in [5.74, 6) is 0.412. The van der Waals surface area contributed by atoms with Crippen molar-refractivity contribution in [1.82, 2.24) is 0 Å². The Morgan fingerprint density at radius 3 is 2.77 bits per heavy atom. The van der Waals surface area contributed by atoms with Gasteiger partial charge in [-0.2, -0.15) is 0 Å². The highest BCUT2D eigenvalue weighted by Gasteiger charge is 2.67. The van der Waals surface area contributed by atoms with Gasteiger partial charge in [-0.05, 0) is 36.4 Å². The van der Waals surface area contributed by atoms with E-state index in [9.17, 15) is 9.59 Å². The van der Waals surface area contributed by atoms with Crippen molar-refractivity contribution in [2.75, 3.05) is 30.7 Å². The van der Waals surface area contributed by atoms with E-state index in [1.165, 1.54) is 0 Å². The minimum Gasteiger partial charge on any atom is -0.497 e. The predicted molar refractivity (Wildman–Crippen MR) is 110 cm³/mol. The van der Waals surface area contributed by atoms with Crippen molar-refractivity contribution in [1.29, 1.82) is 0 Å². The first-order valence-electron chi connectivity index (χ1n) is 10.1. The van der Waals surface area contributed by atoms with Gasteiger partial charge < -0.3 is 29.2 Å². The molecule has 6 rings (SSSR count). The molecular weight excluding hydrogens is 400 g/mol. The molecule has 2 fully saturated rings. The normalized spacial score (nSPS) is 29.4. The Labute approximate surface area is 178 Å². The Kier molecular flexibility index (Phi) is 3.82. The van der Waals surface area contributed by atoms with Gasteiger partial charge in [0, 0.05) is 17.4 Å². The quantitative estimate of drug-likeness (QED) is 0.765. The van der Waals surface area contributed by atoms with Crippen molar-refractivity contribution in [3.63, 3.8) is 0 Å². The molecule has 2 saturated heterocycles. The highest BCUT2D eigenvalue weighted by atomic mass is 16.7. The molecule has 1 N–H and O–H groups in total. The Balaban J connectivity index is 1.26. The average Bonchev–Trinajstić information content (AvgIpc) is 3.54. The second kappa shape index (κ2) is 6.49. The molecule has 0 aliphatic carbocycles. The zero-order chi connectivity index (χ0) is 21.2. The maximum Gasteiger partial charge on any atom is 0.234 e. The van der Waals surface area contributed by atoms with E-state index in [-0.39, 0.29) is 18.6 Å². The van der Waals surface area contributed by atoms with E-state index in [4.69, 9.17) is 18.9 Å². The first kappa shape index (κ1) is 18.3. The summed E-state index contributed by atoms with van der Waals surface area (Å²) < 4.78 is 22.1. The van der Waals surface area contributed by atoms with Crippen LogP contribution in [0.15, 0.2) is 54.6 Å². The third kappa shape index (κ3) is 2.64. The van der Waals surface area contributed by atoms with Gasteiger partial charge in [0.1, 0.15) is 11.4 Å². The van der Waals surface area contributed by atoms with Crippen LogP contribution in [0.3, 0.4) is 0 Å². The number of ether oxygens (including phenoxy) is 4. The predicted octanol–water partition coefficient (Wildman–Crippen LogP) is 2.35. The summed E-state index contributed by atoms with van der Waals surface area (Å²) in [6.45, 7) is 0.542. The summed E-state index contributed by atoms with van der Waals surface area (Å²) in [5.41, 5.74) is 0.566. The van der Waals surface area contributed by atoms with E-state index in [0.29, 0.717) is 29.5 Å². The molecule has 4 aliphatic heterocycles. The molecule has 8 heteroatoms. The van der Waals surface area contributed by atoms with Crippen LogP contribution < -0.4 is 24.4 Å².